The maximum Gasteiger partial charge on any atom is 0.252 e. The molecule has 0 aliphatic heterocycles. The number of nitrogens with one attached hydrogen (secondary N) is 2. The summed E-state index contributed by atoms with van der Waals surface area (Å²) in [5, 5.41) is 4.28. The van der Waals surface area contributed by atoms with E-state index in [0.717, 1.165) is 35.3 Å². The molecule has 5 nitrogen and oxygen atoms in total. The number of benzene rings is 1. The molecule has 2 aromatic rings. The average molecular weight is 275 g/mol. The van der Waals surface area contributed by atoms with Crippen LogP contribution in [0.1, 0.15) is 5.56 Å². The Balaban J connectivity index is 2.14. The number of aromatic nitrogens is 1. The molecular formula is C15H21N3O2. The summed E-state index contributed by atoms with van der Waals surface area (Å²) < 4.78 is 5.16. The number of aromatic amines is 1. The van der Waals surface area contributed by atoms with Gasteiger partial charge in [0, 0.05) is 31.3 Å². The van der Waals surface area contributed by atoms with E-state index in [-0.39, 0.29) is 5.56 Å². The normalized spacial score (nSPS) is 11.2. The molecule has 0 unspecified atom stereocenters. The molecule has 1 aromatic heterocycles. The summed E-state index contributed by atoms with van der Waals surface area (Å²) in [6, 6.07) is 7.60. The van der Waals surface area contributed by atoms with Crippen molar-refractivity contribution in [3.63, 3.8) is 0 Å². The highest BCUT2D eigenvalue weighted by molar-refractivity contribution is 5.80. The van der Waals surface area contributed by atoms with Crippen LogP contribution >= 0.6 is 0 Å². The third-order valence-corrected chi connectivity index (χ3v) is 3.18. The first kappa shape index (κ1) is 14.6. The number of nitrogens with zero attached hydrogens (tertiary/aromatic N) is 1. The van der Waals surface area contributed by atoms with Gasteiger partial charge in [0.2, 0.25) is 0 Å². The summed E-state index contributed by atoms with van der Waals surface area (Å²) in [5.74, 6) is 0.741. The fourth-order valence-corrected chi connectivity index (χ4v) is 2.01. The van der Waals surface area contributed by atoms with Gasteiger partial charge in [-0.1, -0.05) is 0 Å². The van der Waals surface area contributed by atoms with Crippen molar-refractivity contribution in [2.24, 2.45) is 0 Å². The van der Waals surface area contributed by atoms with Gasteiger partial charge in [0.05, 0.1) is 12.6 Å². The van der Waals surface area contributed by atoms with Crippen molar-refractivity contribution in [1.29, 1.82) is 0 Å². The first-order valence-corrected chi connectivity index (χ1v) is 6.65. The number of ether oxygens (including phenoxy) is 1. The zero-order valence-electron chi connectivity index (χ0n) is 12.2. The molecule has 0 fully saturated rings. The molecule has 1 heterocycles. The monoisotopic (exact) mass is 275 g/mol. The first-order chi connectivity index (χ1) is 9.60. The maximum atomic E-state index is 12.0. The van der Waals surface area contributed by atoms with Crippen molar-refractivity contribution in [2.45, 2.75) is 6.54 Å². The number of fused-ring (bicyclic) bond motifs is 1. The third-order valence-electron chi connectivity index (χ3n) is 3.18. The Labute approximate surface area is 118 Å². The highest BCUT2D eigenvalue weighted by Crippen LogP contribution is 2.18. The average Bonchev–Trinajstić information content (AvgIpc) is 2.43. The quantitative estimate of drug-likeness (QED) is 0.778. The van der Waals surface area contributed by atoms with Crippen molar-refractivity contribution in [3.8, 4) is 5.75 Å². The molecule has 0 bridgehead atoms. The van der Waals surface area contributed by atoms with Crippen LogP contribution in [0.2, 0.25) is 0 Å². The summed E-state index contributed by atoms with van der Waals surface area (Å²) >= 11 is 0. The lowest BCUT2D eigenvalue weighted by Gasteiger charge is -2.10. The summed E-state index contributed by atoms with van der Waals surface area (Å²) in [5.41, 5.74) is 1.50. The molecular weight excluding hydrogens is 254 g/mol. The molecule has 108 valence electrons. The highest BCUT2D eigenvalue weighted by atomic mass is 16.5. The number of hydrogen-bond donors (Lipinski definition) is 2. The number of pyridine rings is 1. The van der Waals surface area contributed by atoms with Crippen LogP contribution in [-0.4, -0.2) is 44.2 Å². The summed E-state index contributed by atoms with van der Waals surface area (Å²) in [4.78, 5) is 17.0. The molecule has 0 atom stereocenters. The van der Waals surface area contributed by atoms with E-state index in [1.807, 2.05) is 38.4 Å². The van der Waals surface area contributed by atoms with Crippen molar-refractivity contribution < 1.29 is 4.74 Å². The number of methoxy groups -OCH3 is 1. The van der Waals surface area contributed by atoms with Gasteiger partial charge in [-0.05, 0) is 37.7 Å². The van der Waals surface area contributed by atoms with Gasteiger partial charge in [0.25, 0.3) is 5.56 Å². The summed E-state index contributed by atoms with van der Waals surface area (Å²) in [6.07, 6.45) is 0. The van der Waals surface area contributed by atoms with Gasteiger partial charge in [0.15, 0.2) is 0 Å². The van der Waals surface area contributed by atoms with Crippen LogP contribution in [0.5, 0.6) is 5.75 Å². The largest absolute Gasteiger partial charge is 0.497 e. The SMILES string of the molecule is COc1ccc2cc(CNCCN(C)C)c(=O)[nH]c2c1. The molecule has 20 heavy (non-hydrogen) atoms. The Kier molecular flexibility index (Phi) is 4.76. The van der Waals surface area contributed by atoms with Crippen LogP contribution in [-0.2, 0) is 6.54 Å². The molecule has 2 N–H and O–H groups in total. The Morgan fingerprint density at radius 1 is 1.30 bits per heavy atom. The third kappa shape index (κ3) is 3.59. The number of H-pyrrole nitrogens is 1. The van der Waals surface area contributed by atoms with Crippen molar-refractivity contribution >= 4 is 10.9 Å². The van der Waals surface area contributed by atoms with Crippen LogP contribution in [0.4, 0.5) is 0 Å². The molecule has 0 saturated heterocycles. The maximum absolute atomic E-state index is 12.0. The van der Waals surface area contributed by atoms with Crippen molar-refractivity contribution in [3.05, 3.63) is 40.2 Å². The molecule has 0 aliphatic carbocycles. The number of hydrogen-bond acceptors (Lipinski definition) is 4. The van der Waals surface area contributed by atoms with Crippen LogP contribution < -0.4 is 15.6 Å². The fraction of sp³-hybridized carbons (Fsp3) is 0.400. The zero-order valence-corrected chi connectivity index (χ0v) is 12.2. The fourth-order valence-electron chi connectivity index (χ4n) is 2.01. The van der Waals surface area contributed by atoms with Gasteiger partial charge < -0.3 is 19.9 Å². The van der Waals surface area contributed by atoms with E-state index in [4.69, 9.17) is 4.74 Å². The van der Waals surface area contributed by atoms with E-state index < -0.39 is 0 Å². The van der Waals surface area contributed by atoms with E-state index in [2.05, 4.69) is 15.2 Å². The highest BCUT2D eigenvalue weighted by Gasteiger charge is 2.04. The second-order valence-corrected chi connectivity index (χ2v) is 5.06. The van der Waals surface area contributed by atoms with Crippen molar-refractivity contribution in [2.75, 3.05) is 34.3 Å². The molecule has 0 radical (unpaired) electrons. The molecule has 0 saturated carbocycles. The lowest BCUT2D eigenvalue weighted by atomic mass is 10.1. The zero-order chi connectivity index (χ0) is 14.5. The molecule has 5 heteroatoms. The van der Waals surface area contributed by atoms with Crippen LogP contribution in [0.3, 0.4) is 0 Å². The Bertz CT molecular complexity index is 635. The molecule has 0 aliphatic rings. The minimum atomic E-state index is -0.0527. The lowest BCUT2D eigenvalue weighted by molar-refractivity contribution is 0.400. The van der Waals surface area contributed by atoms with Crippen LogP contribution in [0, 0.1) is 0 Å². The predicted octanol–water partition coefficient (Wildman–Crippen LogP) is 1.19. The second-order valence-electron chi connectivity index (χ2n) is 5.06. The van der Waals surface area contributed by atoms with Gasteiger partial charge in [-0.25, -0.2) is 0 Å². The Hall–Kier alpha value is -1.85. The predicted molar refractivity (Wildman–Crippen MR) is 81.4 cm³/mol. The van der Waals surface area contributed by atoms with Crippen molar-refractivity contribution in [1.82, 2.24) is 15.2 Å². The number of rotatable bonds is 6. The van der Waals surface area contributed by atoms with Gasteiger partial charge in [-0.2, -0.15) is 0 Å². The minimum Gasteiger partial charge on any atom is -0.497 e. The van der Waals surface area contributed by atoms with Gasteiger partial charge in [0.1, 0.15) is 5.75 Å². The molecule has 2 rings (SSSR count). The van der Waals surface area contributed by atoms with E-state index in [1.54, 1.807) is 7.11 Å². The lowest BCUT2D eigenvalue weighted by Crippen LogP contribution is -2.28. The molecule has 1 aromatic carbocycles. The summed E-state index contributed by atoms with van der Waals surface area (Å²) in [6.45, 7) is 2.38. The van der Waals surface area contributed by atoms with Gasteiger partial charge >= 0.3 is 0 Å². The van der Waals surface area contributed by atoms with E-state index in [0.29, 0.717) is 6.54 Å². The first-order valence-electron chi connectivity index (χ1n) is 6.65. The summed E-state index contributed by atoms with van der Waals surface area (Å²) in [7, 11) is 5.66. The number of likely N-dealkylation sites (N-methyl/N-ethyl adjacent to an activating group) is 1. The van der Waals surface area contributed by atoms with Gasteiger partial charge in [-0.15, -0.1) is 0 Å². The Morgan fingerprint density at radius 3 is 2.80 bits per heavy atom. The smallest absolute Gasteiger partial charge is 0.252 e. The van der Waals surface area contributed by atoms with Crippen LogP contribution in [0.25, 0.3) is 10.9 Å². The minimum absolute atomic E-state index is 0.0527. The van der Waals surface area contributed by atoms with Crippen LogP contribution in [0.15, 0.2) is 29.1 Å². The Morgan fingerprint density at radius 2 is 2.10 bits per heavy atom. The van der Waals surface area contributed by atoms with E-state index in [1.165, 1.54) is 0 Å². The standard InChI is InChI=1S/C15H21N3O2/c1-18(2)7-6-16-10-12-8-11-4-5-13(20-3)9-14(11)17-15(12)19/h4-5,8-9,16H,6-7,10H2,1-3H3,(H,17,19). The van der Waals surface area contributed by atoms with E-state index >= 15 is 0 Å². The van der Waals surface area contributed by atoms with Gasteiger partial charge in [-0.3, -0.25) is 4.79 Å². The van der Waals surface area contributed by atoms with E-state index in [9.17, 15) is 4.79 Å². The topological polar surface area (TPSA) is 57.4 Å². The molecule has 0 amide bonds. The molecule has 0 spiro atoms. The second kappa shape index (κ2) is 6.54.